The number of aromatic nitrogens is 3. The molecule has 0 amide bonds. The predicted octanol–water partition coefficient (Wildman–Crippen LogP) is 1.51. The Hall–Kier alpha value is -1.32. The Morgan fingerprint density at radius 2 is 2.11 bits per heavy atom. The summed E-state index contributed by atoms with van der Waals surface area (Å²) in [6.45, 7) is 2.05. The lowest BCUT2D eigenvalue weighted by Gasteiger charge is -2.07. The summed E-state index contributed by atoms with van der Waals surface area (Å²) in [6.07, 6.45) is 0. The molecule has 6 nitrogen and oxygen atoms in total. The van der Waals surface area contributed by atoms with Crippen LogP contribution in [0.5, 0.6) is 0 Å². The first-order valence-electron chi connectivity index (χ1n) is 5.26. The summed E-state index contributed by atoms with van der Waals surface area (Å²) in [4.78, 5) is 0. The van der Waals surface area contributed by atoms with Crippen LogP contribution in [0.4, 0.5) is 4.39 Å². The van der Waals surface area contributed by atoms with Gasteiger partial charge in [0, 0.05) is 16.6 Å². The molecule has 0 unspecified atom stereocenters. The van der Waals surface area contributed by atoms with Gasteiger partial charge in [0.2, 0.25) is 0 Å². The molecule has 0 aliphatic heterocycles. The molecule has 0 aliphatic carbocycles. The maximum absolute atomic E-state index is 13.1. The predicted molar refractivity (Wildman–Crippen MR) is 70.2 cm³/mol. The Bertz CT molecular complexity index is 729. The molecule has 1 heterocycles. The second-order valence-corrected chi connectivity index (χ2v) is 6.03. The largest absolute Gasteiger partial charge is 0.297 e. The van der Waals surface area contributed by atoms with Gasteiger partial charge in [0.05, 0.1) is 0 Å². The zero-order valence-corrected chi connectivity index (χ0v) is 12.2. The molecule has 0 radical (unpaired) electrons. The van der Waals surface area contributed by atoms with Crippen molar-refractivity contribution in [1.29, 1.82) is 0 Å². The highest BCUT2D eigenvalue weighted by Gasteiger charge is 2.22. The van der Waals surface area contributed by atoms with Crippen LogP contribution in [0.2, 0.25) is 0 Å². The number of nitrogens with zero attached hydrogens (tertiary/aromatic N) is 3. The Morgan fingerprint density at radius 1 is 1.42 bits per heavy atom. The highest BCUT2D eigenvalue weighted by atomic mass is 79.9. The number of rotatable bonds is 3. The second-order valence-electron chi connectivity index (χ2n) is 3.72. The van der Waals surface area contributed by atoms with E-state index in [2.05, 4.69) is 26.1 Å². The first-order valence-corrected chi connectivity index (χ1v) is 7.60. The standard InChI is InChI=1S/C10H10BrFN4O2S/c1-2-16-9(14-15-10(16)19(13,17)18)7-4-3-6(12)5-8(7)11/h3-5H,2H2,1H3,(H2,13,17,18). The minimum absolute atomic E-state index is 0.304. The van der Waals surface area contributed by atoms with E-state index in [-0.39, 0.29) is 5.16 Å². The van der Waals surface area contributed by atoms with Crippen LogP contribution in [0.3, 0.4) is 0 Å². The van der Waals surface area contributed by atoms with Gasteiger partial charge < -0.3 is 0 Å². The summed E-state index contributed by atoms with van der Waals surface area (Å²) in [5.41, 5.74) is 0.533. The first-order chi connectivity index (χ1) is 8.84. The van der Waals surface area contributed by atoms with E-state index in [1.54, 1.807) is 6.92 Å². The number of hydrogen-bond donors (Lipinski definition) is 1. The van der Waals surface area contributed by atoms with Crippen LogP contribution in [0.15, 0.2) is 27.8 Å². The van der Waals surface area contributed by atoms with Crippen LogP contribution in [0.25, 0.3) is 11.4 Å². The summed E-state index contributed by atoms with van der Waals surface area (Å²) in [6, 6.07) is 4.01. The molecule has 9 heteroatoms. The molecule has 0 aliphatic rings. The number of halogens is 2. The molecule has 2 N–H and O–H groups in total. The van der Waals surface area contributed by atoms with Gasteiger partial charge in [-0.05, 0) is 41.1 Å². The Kier molecular flexibility index (Phi) is 3.70. The third-order valence-electron chi connectivity index (χ3n) is 2.46. The highest BCUT2D eigenvalue weighted by molar-refractivity contribution is 9.10. The van der Waals surface area contributed by atoms with Gasteiger partial charge in [-0.3, -0.25) is 4.57 Å². The van der Waals surface area contributed by atoms with Gasteiger partial charge in [-0.2, -0.15) is 0 Å². The maximum Gasteiger partial charge on any atom is 0.273 e. The van der Waals surface area contributed by atoms with Crippen LogP contribution >= 0.6 is 15.9 Å². The fraction of sp³-hybridized carbons (Fsp3) is 0.200. The molecule has 2 rings (SSSR count). The Morgan fingerprint density at radius 3 is 2.63 bits per heavy atom. The molecular formula is C10H10BrFN4O2S. The van der Waals surface area contributed by atoms with Crippen molar-refractivity contribution in [3.63, 3.8) is 0 Å². The minimum atomic E-state index is -3.95. The summed E-state index contributed by atoms with van der Waals surface area (Å²) in [7, 11) is -3.95. The van der Waals surface area contributed by atoms with E-state index in [9.17, 15) is 12.8 Å². The lowest BCUT2D eigenvalue weighted by atomic mass is 10.2. The molecule has 19 heavy (non-hydrogen) atoms. The molecule has 0 saturated carbocycles. The fourth-order valence-electron chi connectivity index (χ4n) is 1.65. The van der Waals surface area contributed by atoms with Crippen molar-refractivity contribution < 1.29 is 12.8 Å². The van der Waals surface area contributed by atoms with Crippen LogP contribution in [0.1, 0.15) is 6.92 Å². The van der Waals surface area contributed by atoms with E-state index in [4.69, 9.17) is 5.14 Å². The van der Waals surface area contributed by atoms with Crippen molar-refractivity contribution in [2.75, 3.05) is 0 Å². The molecule has 0 fully saturated rings. The average molecular weight is 349 g/mol. The normalized spacial score (nSPS) is 11.8. The van der Waals surface area contributed by atoms with E-state index < -0.39 is 15.8 Å². The van der Waals surface area contributed by atoms with Crippen LogP contribution in [0, 0.1) is 5.82 Å². The van der Waals surface area contributed by atoms with Crippen molar-refractivity contribution in [2.45, 2.75) is 18.6 Å². The number of nitrogens with two attached hydrogens (primary N) is 1. The van der Waals surface area contributed by atoms with E-state index >= 15 is 0 Å². The van der Waals surface area contributed by atoms with E-state index in [1.165, 1.54) is 22.8 Å². The molecule has 1 aromatic carbocycles. The molecule has 0 saturated heterocycles. The van der Waals surface area contributed by atoms with Crippen molar-refractivity contribution >= 4 is 26.0 Å². The first kappa shape index (κ1) is 14.1. The SMILES string of the molecule is CCn1c(-c2ccc(F)cc2Br)nnc1S(N)(=O)=O. The van der Waals surface area contributed by atoms with Crippen molar-refractivity contribution in [2.24, 2.45) is 5.14 Å². The number of sulfonamides is 1. The quantitative estimate of drug-likeness (QED) is 0.910. The number of hydrogen-bond acceptors (Lipinski definition) is 4. The van der Waals surface area contributed by atoms with Crippen LogP contribution in [-0.4, -0.2) is 23.2 Å². The Labute approximate surface area is 117 Å². The summed E-state index contributed by atoms with van der Waals surface area (Å²) in [5.74, 6) is -0.108. The molecule has 2 aromatic rings. The second kappa shape index (κ2) is 4.99. The third-order valence-corrected chi connectivity index (χ3v) is 3.93. The van der Waals surface area contributed by atoms with E-state index in [1.807, 2.05) is 0 Å². The zero-order chi connectivity index (χ0) is 14.2. The summed E-state index contributed by atoms with van der Waals surface area (Å²) < 4.78 is 37.6. The number of benzene rings is 1. The number of primary sulfonamides is 1. The smallest absolute Gasteiger partial charge is 0.273 e. The summed E-state index contributed by atoms with van der Waals surface area (Å²) in [5, 5.41) is 12.1. The average Bonchev–Trinajstić information content (AvgIpc) is 2.72. The lowest BCUT2D eigenvalue weighted by Crippen LogP contribution is -2.18. The lowest BCUT2D eigenvalue weighted by molar-refractivity contribution is 0.570. The van der Waals surface area contributed by atoms with Gasteiger partial charge in [0.1, 0.15) is 5.82 Å². The van der Waals surface area contributed by atoms with Crippen LogP contribution < -0.4 is 5.14 Å². The molecule has 1 aromatic heterocycles. The Balaban J connectivity index is 2.67. The van der Waals surface area contributed by atoms with Gasteiger partial charge in [0.25, 0.3) is 15.2 Å². The molecule has 0 bridgehead atoms. The van der Waals surface area contributed by atoms with E-state index in [0.29, 0.717) is 22.4 Å². The molecule has 102 valence electrons. The van der Waals surface area contributed by atoms with Crippen molar-refractivity contribution in [1.82, 2.24) is 14.8 Å². The van der Waals surface area contributed by atoms with Crippen LogP contribution in [-0.2, 0) is 16.6 Å². The monoisotopic (exact) mass is 348 g/mol. The molecule has 0 atom stereocenters. The van der Waals surface area contributed by atoms with Gasteiger partial charge in [0.15, 0.2) is 5.82 Å². The fourth-order valence-corrected chi connectivity index (χ4v) is 2.86. The van der Waals surface area contributed by atoms with Crippen molar-refractivity contribution in [3.8, 4) is 11.4 Å². The topological polar surface area (TPSA) is 90.9 Å². The highest BCUT2D eigenvalue weighted by Crippen LogP contribution is 2.28. The van der Waals surface area contributed by atoms with Gasteiger partial charge in [-0.15, -0.1) is 10.2 Å². The third kappa shape index (κ3) is 2.67. The summed E-state index contributed by atoms with van der Waals surface area (Å²) >= 11 is 3.21. The molecule has 0 spiro atoms. The zero-order valence-electron chi connectivity index (χ0n) is 9.84. The van der Waals surface area contributed by atoms with Gasteiger partial charge in [-0.25, -0.2) is 17.9 Å². The molecular weight excluding hydrogens is 339 g/mol. The van der Waals surface area contributed by atoms with E-state index in [0.717, 1.165) is 0 Å². The minimum Gasteiger partial charge on any atom is -0.297 e. The maximum atomic E-state index is 13.1. The van der Waals surface area contributed by atoms with Gasteiger partial charge >= 0.3 is 0 Å². The van der Waals surface area contributed by atoms with Gasteiger partial charge in [-0.1, -0.05) is 0 Å². The van der Waals surface area contributed by atoms with Crippen molar-refractivity contribution in [3.05, 3.63) is 28.5 Å².